The van der Waals surface area contributed by atoms with Gasteiger partial charge in [0, 0.05) is 29.9 Å². The van der Waals surface area contributed by atoms with Crippen LogP contribution in [-0.2, 0) is 11.3 Å². The van der Waals surface area contributed by atoms with Crippen molar-refractivity contribution in [3.63, 3.8) is 0 Å². The molecule has 2 aliphatic heterocycles. The molecule has 3 aromatic rings. The molecular formula is C26H27N7O3S. The van der Waals surface area contributed by atoms with Gasteiger partial charge in [0.1, 0.15) is 12.4 Å². The molecule has 0 saturated carbocycles. The van der Waals surface area contributed by atoms with E-state index in [9.17, 15) is 9.59 Å². The van der Waals surface area contributed by atoms with E-state index in [-0.39, 0.29) is 17.5 Å². The fraction of sp³-hybridized carbons (Fsp3) is 0.308. The summed E-state index contributed by atoms with van der Waals surface area (Å²) in [6.45, 7) is 6.67. The van der Waals surface area contributed by atoms with Crippen molar-refractivity contribution in [3.05, 3.63) is 65.1 Å². The summed E-state index contributed by atoms with van der Waals surface area (Å²) in [5.41, 5.74) is 3.62. The van der Waals surface area contributed by atoms with E-state index in [2.05, 4.69) is 25.3 Å². The fourth-order valence-electron chi connectivity index (χ4n) is 4.14. The third-order valence-electron chi connectivity index (χ3n) is 6.14. The van der Waals surface area contributed by atoms with Crippen molar-refractivity contribution < 1.29 is 14.3 Å². The fourth-order valence-corrected chi connectivity index (χ4v) is 4.48. The van der Waals surface area contributed by atoms with Crippen LogP contribution in [0.25, 0.3) is 0 Å². The Morgan fingerprint density at radius 2 is 1.92 bits per heavy atom. The number of nitrogens with zero attached hydrogens (tertiary/aromatic N) is 6. The van der Waals surface area contributed by atoms with E-state index in [4.69, 9.17) is 4.74 Å². The molecule has 37 heavy (non-hydrogen) atoms. The zero-order valence-electron chi connectivity index (χ0n) is 21.3. The number of fused-ring (bicyclic) bond motifs is 1. The Morgan fingerprint density at radius 1 is 1.16 bits per heavy atom. The number of urea groups is 1. The van der Waals surface area contributed by atoms with Gasteiger partial charge < -0.3 is 10.1 Å². The average molecular weight is 518 g/mol. The molecule has 0 radical (unpaired) electrons. The van der Waals surface area contributed by atoms with Crippen molar-refractivity contribution >= 4 is 46.8 Å². The summed E-state index contributed by atoms with van der Waals surface area (Å²) in [5, 5.41) is 3.49. The van der Waals surface area contributed by atoms with E-state index >= 15 is 0 Å². The van der Waals surface area contributed by atoms with Crippen molar-refractivity contribution in [1.29, 1.82) is 0 Å². The maximum atomic E-state index is 13.2. The Morgan fingerprint density at radius 3 is 2.59 bits per heavy atom. The van der Waals surface area contributed by atoms with Crippen molar-refractivity contribution in [2.24, 2.45) is 4.99 Å². The summed E-state index contributed by atoms with van der Waals surface area (Å²) in [4.78, 5) is 47.1. The van der Waals surface area contributed by atoms with Gasteiger partial charge >= 0.3 is 6.03 Å². The first-order valence-corrected chi connectivity index (χ1v) is 12.9. The van der Waals surface area contributed by atoms with Gasteiger partial charge in [-0.05, 0) is 57.4 Å². The molecule has 3 amide bonds. The van der Waals surface area contributed by atoms with Crippen LogP contribution in [0.1, 0.15) is 41.0 Å². The number of nitrogens with one attached hydrogen (secondary N) is 1. The summed E-state index contributed by atoms with van der Waals surface area (Å²) < 4.78 is 5.68. The van der Waals surface area contributed by atoms with Crippen molar-refractivity contribution in [2.75, 3.05) is 35.0 Å². The minimum Gasteiger partial charge on any atom is -0.475 e. The molecule has 0 atom stereocenters. The predicted octanol–water partition coefficient (Wildman–Crippen LogP) is 4.29. The number of carbonyl (C=O) groups excluding carboxylic acids is 2. The third-order valence-corrected chi connectivity index (χ3v) is 6.70. The van der Waals surface area contributed by atoms with Crippen LogP contribution >= 0.6 is 11.8 Å². The lowest BCUT2D eigenvalue weighted by Crippen LogP contribution is -2.46. The Bertz CT molecular complexity index is 1420. The van der Waals surface area contributed by atoms with Crippen LogP contribution in [0.4, 0.5) is 22.0 Å². The zero-order valence-corrected chi connectivity index (χ0v) is 22.1. The second kappa shape index (κ2) is 9.47. The molecule has 2 aliphatic rings. The van der Waals surface area contributed by atoms with E-state index in [0.717, 1.165) is 11.1 Å². The van der Waals surface area contributed by atoms with Crippen LogP contribution in [-0.4, -0.2) is 58.2 Å². The number of carbonyl (C=O) groups is 2. The second-order valence-electron chi connectivity index (χ2n) is 9.51. The van der Waals surface area contributed by atoms with E-state index in [1.807, 2.05) is 39.2 Å². The van der Waals surface area contributed by atoms with Gasteiger partial charge in [0.05, 0.1) is 35.3 Å². The van der Waals surface area contributed by atoms with Crippen molar-refractivity contribution in [2.45, 2.75) is 38.0 Å². The van der Waals surface area contributed by atoms with Crippen LogP contribution in [0.2, 0.25) is 0 Å². The number of benzene rings is 1. The molecule has 0 bridgehead atoms. The first-order valence-electron chi connectivity index (χ1n) is 11.7. The van der Waals surface area contributed by atoms with E-state index in [1.165, 1.54) is 16.7 Å². The van der Waals surface area contributed by atoms with Gasteiger partial charge in [-0.1, -0.05) is 11.8 Å². The van der Waals surface area contributed by atoms with Gasteiger partial charge in [-0.3, -0.25) is 19.6 Å². The molecule has 5 rings (SSSR count). The molecule has 0 fully saturated rings. The van der Waals surface area contributed by atoms with Gasteiger partial charge in [-0.2, -0.15) is 0 Å². The van der Waals surface area contributed by atoms with Gasteiger partial charge in [0.15, 0.2) is 5.16 Å². The normalized spacial score (nSPS) is 16.2. The smallest absolute Gasteiger partial charge is 0.330 e. The number of thioether (sulfide) groups is 1. The number of aryl methyl sites for hydroxylation is 1. The number of aromatic nitrogens is 3. The zero-order chi connectivity index (χ0) is 26.3. The SMILES string of the molecule is CSc1ncc2c(n1)N(C)C(=O)N(c1cc(NC(=O)c3ccc(C4=NC(C)(C)CO4)cc3)cnc1C)C2. The molecule has 10 nitrogen and oxygen atoms in total. The van der Waals surface area contributed by atoms with E-state index < -0.39 is 0 Å². The summed E-state index contributed by atoms with van der Waals surface area (Å²) in [5.74, 6) is 0.886. The van der Waals surface area contributed by atoms with Gasteiger partial charge in [0.2, 0.25) is 5.90 Å². The highest BCUT2D eigenvalue weighted by Crippen LogP contribution is 2.32. The average Bonchev–Trinajstić information content (AvgIpc) is 3.26. The second-order valence-corrected chi connectivity index (χ2v) is 10.3. The van der Waals surface area contributed by atoms with E-state index in [0.29, 0.717) is 52.7 Å². The molecule has 0 unspecified atom stereocenters. The molecular weight excluding hydrogens is 490 g/mol. The maximum Gasteiger partial charge on any atom is 0.330 e. The van der Waals surface area contributed by atoms with Crippen LogP contribution in [0.5, 0.6) is 0 Å². The van der Waals surface area contributed by atoms with Gasteiger partial charge in [0.25, 0.3) is 5.91 Å². The lowest BCUT2D eigenvalue weighted by atomic mass is 10.1. The van der Waals surface area contributed by atoms with Crippen molar-refractivity contribution in [1.82, 2.24) is 15.0 Å². The summed E-state index contributed by atoms with van der Waals surface area (Å²) >= 11 is 1.42. The Hall–Kier alpha value is -3.99. The molecule has 0 aliphatic carbocycles. The number of ether oxygens (including phenoxy) is 1. The highest BCUT2D eigenvalue weighted by Gasteiger charge is 2.32. The quantitative estimate of drug-likeness (QED) is 0.397. The molecule has 4 heterocycles. The number of hydrogen-bond acceptors (Lipinski definition) is 8. The Labute approximate surface area is 219 Å². The third kappa shape index (κ3) is 4.86. The largest absolute Gasteiger partial charge is 0.475 e. The number of aliphatic imine (C=N–C) groups is 1. The van der Waals surface area contributed by atoms with Crippen LogP contribution in [0, 0.1) is 6.92 Å². The van der Waals surface area contributed by atoms with Crippen LogP contribution in [0.15, 0.2) is 52.9 Å². The Kier molecular flexibility index (Phi) is 6.32. The highest BCUT2D eigenvalue weighted by molar-refractivity contribution is 7.98. The first kappa shape index (κ1) is 24.7. The molecule has 190 valence electrons. The number of anilines is 3. The van der Waals surface area contributed by atoms with Gasteiger partial charge in [-0.25, -0.2) is 19.8 Å². The Balaban J connectivity index is 1.35. The molecule has 0 spiro atoms. The standard InChI is InChI=1S/C26H27N7O3S/c1-15-20(33-13-18-11-28-24(37-5)30-21(18)32(4)25(33)35)10-19(12-27-15)29-22(34)16-6-8-17(9-7-16)23-31-26(2,3)14-36-23/h6-12H,13-14H2,1-5H3,(H,29,34). The summed E-state index contributed by atoms with van der Waals surface area (Å²) in [6, 6.07) is 8.62. The topological polar surface area (TPSA) is 113 Å². The molecule has 2 aromatic heterocycles. The highest BCUT2D eigenvalue weighted by atomic mass is 32.2. The number of hydrogen-bond donors (Lipinski definition) is 1. The summed E-state index contributed by atoms with van der Waals surface area (Å²) in [6.07, 6.45) is 5.21. The minimum absolute atomic E-state index is 0.234. The summed E-state index contributed by atoms with van der Waals surface area (Å²) in [7, 11) is 1.69. The maximum absolute atomic E-state index is 13.2. The number of rotatable bonds is 5. The lowest BCUT2D eigenvalue weighted by Gasteiger charge is -2.34. The van der Waals surface area contributed by atoms with Gasteiger partial charge in [-0.15, -0.1) is 0 Å². The molecule has 1 aromatic carbocycles. The van der Waals surface area contributed by atoms with Crippen LogP contribution < -0.4 is 15.1 Å². The molecule has 1 N–H and O–H groups in total. The van der Waals surface area contributed by atoms with E-state index in [1.54, 1.807) is 42.5 Å². The first-order chi connectivity index (χ1) is 17.6. The van der Waals surface area contributed by atoms with Crippen molar-refractivity contribution in [3.8, 4) is 0 Å². The molecule has 0 saturated heterocycles. The monoisotopic (exact) mass is 517 g/mol. The minimum atomic E-state index is -0.289. The number of pyridine rings is 1. The molecule has 11 heteroatoms. The number of amides is 3. The lowest BCUT2D eigenvalue weighted by molar-refractivity contribution is 0.102. The van der Waals surface area contributed by atoms with Crippen LogP contribution in [0.3, 0.4) is 0 Å². The predicted molar refractivity (Wildman–Crippen MR) is 144 cm³/mol.